The standard InChI is InChI=1S/C25H39FN2O2.C2H6/c1-3-5-6-7-14-25(13-4-2)20-23(30-24(25)29)12-15-27-16-18-28(19-17-27)22-10-8-21(26)9-11-22;1-2/h8-11,23H,3-7,12-20H2,1-2H3;1-2H3. The number of ether oxygens (including phenoxy) is 1. The van der Waals surface area contributed by atoms with Gasteiger partial charge in [0.1, 0.15) is 11.9 Å². The summed E-state index contributed by atoms with van der Waals surface area (Å²) in [6.07, 6.45) is 9.75. The predicted molar refractivity (Wildman–Crippen MR) is 132 cm³/mol. The number of benzene rings is 1. The van der Waals surface area contributed by atoms with Gasteiger partial charge in [-0.25, -0.2) is 4.39 Å². The van der Waals surface area contributed by atoms with Gasteiger partial charge in [-0.3, -0.25) is 9.69 Å². The molecule has 32 heavy (non-hydrogen) atoms. The van der Waals surface area contributed by atoms with E-state index >= 15 is 0 Å². The van der Waals surface area contributed by atoms with Gasteiger partial charge in [-0.15, -0.1) is 0 Å². The van der Waals surface area contributed by atoms with E-state index in [-0.39, 0.29) is 23.3 Å². The topological polar surface area (TPSA) is 32.8 Å². The number of esters is 1. The van der Waals surface area contributed by atoms with Gasteiger partial charge in [-0.05, 0) is 43.5 Å². The van der Waals surface area contributed by atoms with Gasteiger partial charge in [-0.1, -0.05) is 59.8 Å². The molecule has 0 aliphatic carbocycles. The first-order valence-electron chi connectivity index (χ1n) is 13.0. The van der Waals surface area contributed by atoms with Crippen molar-refractivity contribution < 1.29 is 13.9 Å². The number of rotatable bonds is 11. The summed E-state index contributed by atoms with van der Waals surface area (Å²) in [4.78, 5) is 17.5. The maximum atomic E-state index is 13.1. The zero-order valence-corrected chi connectivity index (χ0v) is 20.9. The Balaban J connectivity index is 0.00000176. The summed E-state index contributed by atoms with van der Waals surface area (Å²) in [6, 6.07) is 6.77. The van der Waals surface area contributed by atoms with E-state index in [0.717, 1.165) is 76.9 Å². The lowest BCUT2D eigenvalue weighted by Crippen LogP contribution is -2.47. The Kier molecular flexibility index (Phi) is 11.5. The van der Waals surface area contributed by atoms with Gasteiger partial charge in [0.2, 0.25) is 0 Å². The first kappa shape index (κ1) is 26.6. The van der Waals surface area contributed by atoms with Crippen LogP contribution in [0.2, 0.25) is 0 Å². The van der Waals surface area contributed by atoms with Gasteiger partial charge in [-0.2, -0.15) is 0 Å². The lowest BCUT2D eigenvalue weighted by Gasteiger charge is -2.36. The fraction of sp³-hybridized carbons (Fsp3) is 0.741. The molecule has 2 atom stereocenters. The average Bonchev–Trinajstić information content (AvgIpc) is 3.13. The second kappa shape index (κ2) is 13.8. The van der Waals surface area contributed by atoms with Crippen molar-refractivity contribution in [2.24, 2.45) is 5.41 Å². The van der Waals surface area contributed by atoms with Crippen molar-refractivity contribution in [2.45, 2.75) is 91.6 Å². The number of nitrogens with zero attached hydrogens (tertiary/aromatic N) is 2. The van der Waals surface area contributed by atoms with Gasteiger partial charge < -0.3 is 9.64 Å². The number of hydrogen-bond donors (Lipinski definition) is 0. The molecule has 4 nitrogen and oxygen atoms in total. The van der Waals surface area contributed by atoms with Gasteiger partial charge in [0.05, 0.1) is 5.41 Å². The minimum atomic E-state index is -0.228. The molecule has 3 rings (SSSR count). The minimum absolute atomic E-state index is 0.0620. The monoisotopic (exact) mass is 448 g/mol. The molecule has 2 aliphatic rings. The highest BCUT2D eigenvalue weighted by atomic mass is 19.1. The zero-order valence-electron chi connectivity index (χ0n) is 20.9. The van der Waals surface area contributed by atoms with Gasteiger partial charge in [0, 0.05) is 44.8 Å². The molecule has 0 bridgehead atoms. The molecule has 2 unspecified atom stereocenters. The summed E-state index contributed by atoms with van der Waals surface area (Å²) in [6.45, 7) is 13.3. The third kappa shape index (κ3) is 7.47. The molecular weight excluding hydrogens is 403 g/mol. The Bertz CT molecular complexity index is 658. The van der Waals surface area contributed by atoms with Crippen LogP contribution in [0.25, 0.3) is 0 Å². The largest absolute Gasteiger partial charge is 0.462 e. The van der Waals surface area contributed by atoms with Crippen LogP contribution < -0.4 is 4.90 Å². The number of anilines is 1. The summed E-state index contributed by atoms with van der Waals surface area (Å²) in [5.74, 6) is -0.125. The molecule has 2 aliphatic heterocycles. The Morgan fingerprint density at radius 1 is 0.969 bits per heavy atom. The molecule has 0 spiro atoms. The quantitative estimate of drug-likeness (QED) is 0.288. The molecule has 1 aromatic carbocycles. The van der Waals surface area contributed by atoms with Gasteiger partial charge in [0.25, 0.3) is 0 Å². The fourth-order valence-electron chi connectivity index (χ4n) is 5.11. The van der Waals surface area contributed by atoms with Crippen LogP contribution >= 0.6 is 0 Å². The number of piperazine rings is 1. The van der Waals surface area contributed by atoms with Gasteiger partial charge >= 0.3 is 5.97 Å². The fourth-order valence-corrected chi connectivity index (χ4v) is 5.11. The van der Waals surface area contributed by atoms with Crippen molar-refractivity contribution in [3.63, 3.8) is 0 Å². The van der Waals surface area contributed by atoms with E-state index in [1.807, 2.05) is 26.0 Å². The van der Waals surface area contributed by atoms with Crippen LogP contribution in [0, 0.1) is 11.2 Å². The lowest BCUT2D eigenvalue weighted by atomic mass is 9.76. The van der Waals surface area contributed by atoms with E-state index in [2.05, 4.69) is 23.6 Å². The maximum Gasteiger partial charge on any atom is 0.312 e. The summed E-state index contributed by atoms with van der Waals surface area (Å²) >= 11 is 0. The van der Waals surface area contributed by atoms with Crippen molar-refractivity contribution in [1.82, 2.24) is 4.90 Å². The molecule has 5 heteroatoms. The van der Waals surface area contributed by atoms with E-state index in [0.29, 0.717) is 0 Å². The molecule has 0 amide bonds. The average molecular weight is 449 g/mol. The number of hydrogen-bond acceptors (Lipinski definition) is 4. The third-order valence-electron chi connectivity index (χ3n) is 6.89. The van der Waals surface area contributed by atoms with Crippen LogP contribution in [0.1, 0.15) is 85.5 Å². The summed E-state index contributed by atoms with van der Waals surface area (Å²) in [5, 5.41) is 0. The number of carbonyl (C=O) groups excluding carboxylic acids is 1. The second-order valence-electron chi connectivity index (χ2n) is 9.17. The second-order valence-corrected chi connectivity index (χ2v) is 9.17. The molecule has 2 heterocycles. The van der Waals surface area contributed by atoms with Crippen molar-refractivity contribution >= 4 is 11.7 Å². The maximum absolute atomic E-state index is 13.1. The van der Waals surface area contributed by atoms with Crippen LogP contribution in [0.5, 0.6) is 0 Å². The van der Waals surface area contributed by atoms with Crippen molar-refractivity contribution in [3.05, 3.63) is 30.1 Å². The van der Waals surface area contributed by atoms with Crippen molar-refractivity contribution in [1.29, 1.82) is 0 Å². The normalized spacial score (nSPS) is 23.6. The molecule has 0 saturated carbocycles. The Hall–Kier alpha value is -1.62. The predicted octanol–water partition coefficient (Wildman–Crippen LogP) is 6.44. The zero-order chi connectivity index (χ0) is 23.4. The first-order chi connectivity index (χ1) is 15.6. The SMILES string of the molecule is CC.CCCCCCC1(CCC)CC(CCN2CCN(c3ccc(F)cc3)CC2)OC1=O. The molecule has 0 radical (unpaired) electrons. The molecule has 0 N–H and O–H groups in total. The summed E-state index contributed by atoms with van der Waals surface area (Å²) in [5.41, 5.74) is 0.863. The van der Waals surface area contributed by atoms with E-state index in [4.69, 9.17) is 4.74 Å². The molecule has 182 valence electrons. The third-order valence-corrected chi connectivity index (χ3v) is 6.89. The molecular formula is C27H45FN2O2. The van der Waals surface area contributed by atoms with Crippen LogP contribution in [0.4, 0.5) is 10.1 Å². The number of cyclic esters (lactones) is 1. The molecule has 2 saturated heterocycles. The number of halogens is 1. The van der Waals surface area contributed by atoms with E-state index < -0.39 is 0 Å². The molecule has 1 aromatic rings. The van der Waals surface area contributed by atoms with Crippen molar-refractivity contribution in [2.75, 3.05) is 37.6 Å². The Labute approximate surface area is 195 Å². The Morgan fingerprint density at radius 3 is 2.28 bits per heavy atom. The van der Waals surface area contributed by atoms with Crippen LogP contribution in [-0.2, 0) is 9.53 Å². The van der Waals surface area contributed by atoms with E-state index in [9.17, 15) is 9.18 Å². The van der Waals surface area contributed by atoms with E-state index in [1.165, 1.54) is 31.4 Å². The summed E-state index contributed by atoms with van der Waals surface area (Å²) in [7, 11) is 0. The lowest BCUT2D eigenvalue weighted by molar-refractivity contribution is -0.149. The Morgan fingerprint density at radius 2 is 1.66 bits per heavy atom. The minimum Gasteiger partial charge on any atom is -0.462 e. The van der Waals surface area contributed by atoms with Crippen molar-refractivity contribution in [3.8, 4) is 0 Å². The summed E-state index contributed by atoms with van der Waals surface area (Å²) < 4.78 is 19.0. The highest BCUT2D eigenvalue weighted by molar-refractivity contribution is 5.79. The van der Waals surface area contributed by atoms with Gasteiger partial charge in [0.15, 0.2) is 0 Å². The van der Waals surface area contributed by atoms with E-state index in [1.54, 1.807) is 0 Å². The van der Waals surface area contributed by atoms with Crippen LogP contribution in [-0.4, -0.2) is 49.7 Å². The number of unbranched alkanes of at least 4 members (excludes halogenated alkanes) is 3. The first-order valence-corrected chi connectivity index (χ1v) is 13.0. The van der Waals surface area contributed by atoms with Crippen LogP contribution in [0.15, 0.2) is 24.3 Å². The number of carbonyl (C=O) groups is 1. The molecule has 0 aromatic heterocycles. The van der Waals surface area contributed by atoms with Crippen LogP contribution in [0.3, 0.4) is 0 Å². The highest BCUT2D eigenvalue weighted by Gasteiger charge is 2.47. The smallest absolute Gasteiger partial charge is 0.312 e. The molecule has 2 fully saturated rings. The highest BCUT2D eigenvalue weighted by Crippen LogP contribution is 2.43.